The van der Waals surface area contributed by atoms with Crippen molar-refractivity contribution in [2.45, 2.75) is 6.92 Å². The van der Waals surface area contributed by atoms with E-state index in [-0.39, 0.29) is 5.78 Å². The second kappa shape index (κ2) is 5.10. The third-order valence-electron chi connectivity index (χ3n) is 2.16. The number of ether oxygens (including phenoxy) is 1. The number of benzene rings is 1. The average Bonchev–Trinajstić information content (AvgIpc) is 2.29. The highest BCUT2D eigenvalue weighted by Crippen LogP contribution is 2.22. The molecule has 0 radical (unpaired) electrons. The molecule has 0 N–H and O–H groups in total. The van der Waals surface area contributed by atoms with Crippen LogP contribution in [0.1, 0.15) is 17.3 Å². The SMILES string of the molecule is CC(=O)c1ccc(Oc2cccc(Br)c2)nc1. The minimum Gasteiger partial charge on any atom is -0.439 e. The summed E-state index contributed by atoms with van der Waals surface area (Å²) in [6, 6.07) is 10.9. The van der Waals surface area contributed by atoms with Gasteiger partial charge >= 0.3 is 0 Å². The van der Waals surface area contributed by atoms with Crippen molar-refractivity contribution in [3.8, 4) is 11.6 Å². The van der Waals surface area contributed by atoms with Gasteiger partial charge in [-0.15, -0.1) is 0 Å². The van der Waals surface area contributed by atoms with Crippen LogP contribution in [-0.2, 0) is 0 Å². The Bertz CT molecular complexity index is 537. The molecule has 0 aliphatic heterocycles. The fourth-order valence-corrected chi connectivity index (χ4v) is 1.68. The molecule has 3 nitrogen and oxygen atoms in total. The van der Waals surface area contributed by atoms with Crippen LogP contribution in [0, 0.1) is 0 Å². The highest BCUT2D eigenvalue weighted by Gasteiger charge is 2.02. The number of halogens is 1. The number of carbonyl (C=O) groups is 1. The van der Waals surface area contributed by atoms with E-state index in [0.29, 0.717) is 17.2 Å². The highest BCUT2D eigenvalue weighted by atomic mass is 79.9. The lowest BCUT2D eigenvalue weighted by atomic mass is 10.2. The van der Waals surface area contributed by atoms with E-state index in [4.69, 9.17) is 4.74 Å². The molecule has 0 fully saturated rings. The minimum atomic E-state index is -0.00787. The maximum atomic E-state index is 11.1. The maximum Gasteiger partial charge on any atom is 0.219 e. The predicted octanol–water partition coefficient (Wildman–Crippen LogP) is 3.84. The van der Waals surface area contributed by atoms with Crippen LogP contribution in [0.3, 0.4) is 0 Å². The number of nitrogens with zero attached hydrogens (tertiary/aromatic N) is 1. The van der Waals surface area contributed by atoms with Crippen molar-refractivity contribution < 1.29 is 9.53 Å². The average molecular weight is 292 g/mol. The number of hydrogen-bond donors (Lipinski definition) is 0. The van der Waals surface area contributed by atoms with Crippen molar-refractivity contribution in [2.24, 2.45) is 0 Å². The number of pyridine rings is 1. The summed E-state index contributed by atoms with van der Waals surface area (Å²) in [4.78, 5) is 15.1. The van der Waals surface area contributed by atoms with E-state index in [2.05, 4.69) is 20.9 Å². The quantitative estimate of drug-likeness (QED) is 0.807. The Labute approximate surface area is 108 Å². The summed E-state index contributed by atoms with van der Waals surface area (Å²) >= 11 is 3.36. The molecule has 1 aromatic heterocycles. The second-order valence-electron chi connectivity index (χ2n) is 3.50. The standard InChI is InChI=1S/C13H10BrNO2/c1-9(16)10-5-6-13(15-8-10)17-12-4-2-3-11(14)7-12/h2-8H,1H3. The molecule has 0 unspecified atom stereocenters. The molecular weight excluding hydrogens is 282 g/mol. The van der Waals surface area contributed by atoms with E-state index in [1.807, 2.05) is 24.3 Å². The van der Waals surface area contributed by atoms with Gasteiger partial charge in [-0.25, -0.2) is 4.98 Å². The molecule has 0 saturated heterocycles. The first kappa shape index (κ1) is 11.8. The zero-order chi connectivity index (χ0) is 12.3. The number of rotatable bonds is 3. The highest BCUT2D eigenvalue weighted by molar-refractivity contribution is 9.10. The van der Waals surface area contributed by atoms with Gasteiger partial charge in [-0.3, -0.25) is 4.79 Å². The summed E-state index contributed by atoms with van der Waals surface area (Å²) in [6.07, 6.45) is 1.51. The first-order valence-corrected chi connectivity index (χ1v) is 5.85. The molecule has 1 heterocycles. The number of carbonyl (C=O) groups excluding carboxylic acids is 1. The largest absolute Gasteiger partial charge is 0.439 e. The van der Waals surface area contributed by atoms with Crippen LogP contribution in [0.5, 0.6) is 11.6 Å². The first-order chi connectivity index (χ1) is 8.15. The minimum absolute atomic E-state index is 0.00787. The molecular formula is C13H10BrNO2. The Kier molecular flexibility index (Phi) is 3.54. The van der Waals surface area contributed by atoms with Gasteiger partial charge in [-0.05, 0) is 31.2 Å². The van der Waals surface area contributed by atoms with Crippen LogP contribution in [0.4, 0.5) is 0 Å². The summed E-state index contributed by atoms with van der Waals surface area (Å²) in [5.74, 6) is 1.15. The lowest BCUT2D eigenvalue weighted by Crippen LogP contribution is -1.94. The fourth-order valence-electron chi connectivity index (χ4n) is 1.30. The summed E-state index contributed by atoms with van der Waals surface area (Å²) in [7, 11) is 0. The van der Waals surface area contributed by atoms with E-state index in [1.54, 1.807) is 12.1 Å². The van der Waals surface area contributed by atoms with Crippen molar-refractivity contribution in [1.29, 1.82) is 0 Å². The maximum absolute atomic E-state index is 11.1. The molecule has 2 aromatic rings. The van der Waals surface area contributed by atoms with Crippen LogP contribution >= 0.6 is 15.9 Å². The van der Waals surface area contributed by atoms with Gasteiger partial charge in [0.2, 0.25) is 5.88 Å². The van der Waals surface area contributed by atoms with Gasteiger partial charge in [-0.2, -0.15) is 0 Å². The number of hydrogen-bond acceptors (Lipinski definition) is 3. The lowest BCUT2D eigenvalue weighted by Gasteiger charge is -2.05. The van der Waals surface area contributed by atoms with Crippen molar-refractivity contribution >= 4 is 21.7 Å². The molecule has 4 heteroatoms. The summed E-state index contributed by atoms with van der Waals surface area (Å²) in [6.45, 7) is 1.51. The Hall–Kier alpha value is -1.68. The molecule has 2 rings (SSSR count). The molecule has 0 atom stereocenters. The molecule has 86 valence electrons. The lowest BCUT2D eigenvalue weighted by molar-refractivity contribution is 0.101. The van der Waals surface area contributed by atoms with Gasteiger partial charge < -0.3 is 4.74 Å². The van der Waals surface area contributed by atoms with Crippen molar-refractivity contribution in [2.75, 3.05) is 0 Å². The monoisotopic (exact) mass is 291 g/mol. The van der Waals surface area contributed by atoms with Crippen molar-refractivity contribution in [3.05, 3.63) is 52.6 Å². The third-order valence-corrected chi connectivity index (χ3v) is 2.65. The van der Waals surface area contributed by atoms with Crippen molar-refractivity contribution in [3.63, 3.8) is 0 Å². The van der Waals surface area contributed by atoms with Gasteiger partial charge in [0.1, 0.15) is 5.75 Å². The normalized spacial score (nSPS) is 10.0. The van der Waals surface area contributed by atoms with E-state index >= 15 is 0 Å². The molecule has 0 aliphatic rings. The molecule has 0 bridgehead atoms. The van der Waals surface area contributed by atoms with E-state index < -0.39 is 0 Å². The van der Waals surface area contributed by atoms with Crippen LogP contribution in [0.2, 0.25) is 0 Å². The van der Waals surface area contributed by atoms with Gasteiger partial charge in [0, 0.05) is 22.3 Å². The zero-order valence-electron chi connectivity index (χ0n) is 9.18. The van der Waals surface area contributed by atoms with E-state index in [9.17, 15) is 4.79 Å². The van der Waals surface area contributed by atoms with Crippen LogP contribution in [0.15, 0.2) is 47.1 Å². The summed E-state index contributed by atoms with van der Waals surface area (Å²) < 4.78 is 6.48. The number of ketones is 1. The molecule has 0 spiro atoms. The number of aromatic nitrogens is 1. The first-order valence-electron chi connectivity index (χ1n) is 5.05. The Morgan fingerprint density at radius 3 is 2.71 bits per heavy atom. The molecule has 0 saturated carbocycles. The molecule has 17 heavy (non-hydrogen) atoms. The third kappa shape index (κ3) is 3.14. The van der Waals surface area contributed by atoms with Gasteiger partial charge in [-0.1, -0.05) is 22.0 Å². The number of Topliss-reactive ketones (excluding diaryl/α,β-unsaturated/α-hetero) is 1. The van der Waals surface area contributed by atoms with Gasteiger partial charge in [0.25, 0.3) is 0 Å². The Morgan fingerprint density at radius 1 is 1.29 bits per heavy atom. The topological polar surface area (TPSA) is 39.2 Å². The van der Waals surface area contributed by atoms with Gasteiger partial charge in [0.15, 0.2) is 5.78 Å². The fraction of sp³-hybridized carbons (Fsp3) is 0.0769. The van der Waals surface area contributed by atoms with Gasteiger partial charge in [0.05, 0.1) is 0 Å². The second-order valence-corrected chi connectivity index (χ2v) is 4.42. The summed E-state index contributed by atoms with van der Waals surface area (Å²) in [5, 5.41) is 0. The Balaban J connectivity index is 2.16. The molecule has 1 aromatic carbocycles. The van der Waals surface area contributed by atoms with E-state index in [0.717, 1.165) is 4.47 Å². The smallest absolute Gasteiger partial charge is 0.219 e. The van der Waals surface area contributed by atoms with Crippen LogP contribution in [-0.4, -0.2) is 10.8 Å². The summed E-state index contributed by atoms with van der Waals surface area (Å²) in [5.41, 5.74) is 0.576. The molecule has 0 aliphatic carbocycles. The zero-order valence-corrected chi connectivity index (χ0v) is 10.8. The Morgan fingerprint density at radius 2 is 2.12 bits per heavy atom. The van der Waals surface area contributed by atoms with E-state index in [1.165, 1.54) is 13.1 Å². The predicted molar refractivity (Wildman–Crippen MR) is 68.5 cm³/mol. The van der Waals surface area contributed by atoms with Crippen LogP contribution < -0.4 is 4.74 Å². The molecule has 0 amide bonds. The van der Waals surface area contributed by atoms with Crippen molar-refractivity contribution in [1.82, 2.24) is 4.98 Å². The van der Waals surface area contributed by atoms with Crippen LogP contribution in [0.25, 0.3) is 0 Å².